The lowest BCUT2D eigenvalue weighted by atomic mass is 10.2. The first-order chi connectivity index (χ1) is 7.40. The Bertz CT molecular complexity index is 457. The van der Waals surface area contributed by atoms with Crippen LogP contribution in [0.2, 0.25) is 0 Å². The summed E-state index contributed by atoms with van der Waals surface area (Å²) in [6.45, 7) is 0. The number of aldehydes is 1. The molecule has 0 fully saturated rings. The molecule has 2 aromatic rings. The van der Waals surface area contributed by atoms with Gasteiger partial charge in [0.2, 0.25) is 0 Å². The van der Waals surface area contributed by atoms with Gasteiger partial charge in [-0.15, -0.1) is 5.10 Å². The Hall–Kier alpha value is -2.23. The van der Waals surface area contributed by atoms with Crippen LogP contribution in [0.3, 0.4) is 0 Å². The van der Waals surface area contributed by atoms with Crippen LogP contribution in [0.25, 0.3) is 11.8 Å². The second-order valence-corrected chi connectivity index (χ2v) is 2.93. The Morgan fingerprint density at radius 1 is 1.20 bits per heavy atom. The molecule has 1 aromatic heterocycles. The largest absolute Gasteiger partial charge is 0.299 e. The van der Waals surface area contributed by atoms with Gasteiger partial charge in [-0.3, -0.25) is 4.79 Å². The first-order valence-corrected chi connectivity index (χ1v) is 4.49. The van der Waals surface area contributed by atoms with Crippen molar-refractivity contribution in [2.45, 2.75) is 0 Å². The third-order valence-corrected chi connectivity index (χ3v) is 1.95. The summed E-state index contributed by atoms with van der Waals surface area (Å²) in [6.07, 6.45) is 7.37. The molecule has 0 aliphatic heterocycles. The highest BCUT2D eigenvalue weighted by Gasteiger charge is 1.95. The molecule has 0 aliphatic rings. The normalized spacial score (nSPS) is 10.7. The number of benzene rings is 1. The van der Waals surface area contributed by atoms with Crippen molar-refractivity contribution >= 4 is 12.4 Å². The van der Waals surface area contributed by atoms with E-state index in [1.165, 1.54) is 6.08 Å². The monoisotopic (exact) mass is 199 g/mol. The van der Waals surface area contributed by atoms with Crippen LogP contribution in [0.1, 0.15) is 5.56 Å². The second-order valence-electron chi connectivity index (χ2n) is 2.93. The summed E-state index contributed by atoms with van der Waals surface area (Å²) in [5, 5.41) is 7.59. The first kappa shape index (κ1) is 9.33. The standard InChI is InChI=1S/C11H9N3O/c15-9-1-2-10-3-5-11(6-4-10)14-8-7-12-13-14/h1-9H. The summed E-state index contributed by atoms with van der Waals surface area (Å²) in [4.78, 5) is 10.1. The molecule has 0 N–H and O–H groups in total. The van der Waals surface area contributed by atoms with Gasteiger partial charge < -0.3 is 0 Å². The SMILES string of the molecule is O=CC=Cc1ccc(-n2ccnn2)cc1. The third-order valence-electron chi connectivity index (χ3n) is 1.95. The van der Waals surface area contributed by atoms with Gasteiger partial charge in [0, 0.05) is 0 Å². The molecule has 4 heteroatoms. The molecule has 15 heavy (non-hydrogen) atoms. The minimum absolute atomic E-state index is 0.755. The molecule has 0 amide bonds. The van der Waals surface area contributed by atoms with Gasteiger partial charge in [0.25, 0.3) is 0 Å². The smallest absolute Gasteiger partial charge is 0.142 e. The predicted molar refractivity (Wildman–Crippen MR) is 56.5 cm³/mol. The van der Waals surface area contributed by atoms with Crippen LogP contribution in [0.4, 0.5) is 0 Å². The molecule has 0 spiro atoms. The molecule has 74 valence electrons. The molecule has 1 aromatic carbocycles. The maximum absolute atomic E-state index is 10.1. The Labute approximate surface area is 86.9 Å². The van der Waals surface area contributed by atoms with Crippen molar-refractivity contribution in [2.75, 3.05) is 0 Å². The molecule has 0 saturated carbocycles. The van der Waals surface area contributed by atoms with Crippen molar-refractivity contribution in [1.82, 2.24) is 15.0 Å². The van der Waals surface area contributed by atoms with Crippen molar-refractivity contribution in [1.29, 1.82) is 0 Å². The number of allylic oxidation sites excluding steroid dienone is 1. The van der Waals surface area contributed by atoms with Gasteiger partial charge in [-0.2, -0.15) is 0 Å². The lowest BCUT2D eigenvalue weighted by Crippen LogP contribution is -1.94. The number of hydrogen-bond donors (Lipinski definition) is 0. The lowest BCUT2D eigenvalue weighted by molar-refractivity contribution is -0.104. The highest BCUT2D eigenvalue weighted by atomic mass is 16.1. The van der Waals surface area contributed by atoms with E-state index in [-0.39, 0.29) is 0 Å². The average Bonchev–Trinajstić information content (AvgIpc) is 2.80. The first-order valence-electron chi connectivity index (χ1n) is 4.49. The highest BCUT2D eigenvalue weighted by Crippen LogP contribution is 2.08. The van der Waals surface area contributed by atoms with Crippen molar-refractivity contribution in [3.05, 3.63) is 48.3 Å². The van der Waals surface area contributed by atoms with E-state index in [0.717, 1.165) is 17.5 Å². The van der Waals surface area contributed by atoms with Crippen molar-refractivity contribution in [3.63, 3.8) is 0 Å². The molecular weight excluding hydrogens is 190 g/mol. The van der Waals surface area contributed by atoms with E-state index in [9.17, 15) is 4.79 Å². The van der Waals surface area contributed by atoms with Crippen LogP contribution < -0.4 is 0 Å². The van der Waals surface area contributed by atoms with E-state index in [4.69, 9.17) is 0 Å². The van der Waals surface area contributed by atoms with E-state index < -0.39 is 0 Å². The van der Waals surface area contributed by atoms with Gasteiger partial charge in [-0.25, -0.2) is 4.68 Å². The fourth-order valence-corrected chi connectivity index (χ4v) is 1.23. The Morgan fingerprint density at radius 2 is 2.00 bits per heavy atom. The van der Waals surface area contributed by atoms with Crippen LogP contribution in [-0.2, 0) is 4.79 Å². The zero-order valence-electron chi connectivity index (χ0n) is 7.95. The van der Waals surface area contributed by atoms with Gasteiger partial charge in [0.15, 0.2) is 0 Å². The molecule has 0 radical (unpaired) electrons. The summed E-state index contributed by atoms with van der Waals surface area (Å²) in [5.41, 5.74) is 1.92. The van der Waals surface area contributed by atoms with Crippen molar-refractivity contribution in [2.24, 2.45) is 0 Å². The number of carbonyl (C=O) groups is 1. The topological polar surface area (TPSA) is 47.8 Å². The van der Waals surface area contributed by atoms with Gasteiger partial charge >= 0.3 is 0 Å². The molecule has 4 nitrogen and oxygen atoms in total. The molecule has 0 aliphatic carbocycles. The van der Waals surface area contributed by atoms with Crippen LogP contribution >= 0.6 is 0 Å². The lowest BCUT2D eigenvalue weighted by Gasteiger charge is -1.99. The van der Waals surface area contributed by atoms with Crippen LogP contribution in [0.15, 0.2) is 42.7 Å². The molecule has 0 unspecified atom stereocenters. The summed E-state index contributed by atoms with van der Waals surface area (Å²) < 4.78 is 1.67. The Balaban J connectivity index is 2.24. The second kappa shape index (κ2) is 4.32. The van der Waals surface area contributed by atoms with E-state index >= 15 is 0 Å². The molecule has 0 bridgehead atoms. The number of nitrogens with zero attached hydrogens (tertiary/aromatic N) is 3. The molecule has 1 heterocycles. The third kappa shape index (κ3) is 2.17. The zero-order valence-corrected chi connectivity index (χ0v) is 7.95. The van der Waals surface area contributed by atoms with E-state index in [1.807, 2.05) is 24.3 Å². The molecule has 0 atom stereocenters. The van der Waals surface area contributed by atoms with Gasteiger partial charge in [-0.1, -0.05) is 23.4 Å². The summed E-state index contributed by atoms with van der Waals surface area (Å²) in [5.74, 6) is 0. The summed E-state index contributed by atoms with van der Waals surface area (Å²) in [6, 6.07) is 7.66. The quantitative estimate of drug-likeness (QED) is 0.555. The summed E-state index contributed by atoms with van der Waals surface area (Å²) in [7, 11) is 0. The fourth-order valence-electron chi connectivity index (χ4n) is 1.23. The number of rotatable bonds is 3. The van der Waals surface area contributed by atoms with E-state index in [0.29, 0.717) is 0 Å². The van der Waals surface area contributed by atoms with Crippen LogP contribution in [0.5, 0.6) is 0 Å². The minimum Gasteiger partial charge on any atom is -0.299 e. The molecule has 0 saturated heterocycles. The summed E-state index contributed by atoms with van der Waals surface area (Å²) >= 11 is 0. The zero-order chi connectivity index (χ0) is 10.5. The number of aromatic nitrogens is 3. The molecule has 2 rings (SSSR count). The fraction of sp³-hybridized carbons (Fsp3) is 0. The predicted octanol–water partition coefficient (Wildman–Crippen LogP) is 1.48. The number of hydrogen-bond acceptors (Lipinski definition) is 3. The van der Waals surface area contributed by atoms with Gasteiger partial charge in [0.1, 0.15) is 6.29 Å². The van der Waals surface area contributed by atoms with Crippen molar-refractivity contribution < 1.29 is 4.79 Å². The van der Waals surface area contributed by atoms with Gasteiger partial charge in [0.05, 0.1) is 18.1 Å². The Kier molecular flexibility index (Phi) is 2.69. The number of carbonyl (C=O) groups excluding carboxylic acids is 1. The van der Waals surface area contributed by atoms with E-state index in [2.05, 4.69) is 10.3 Å². The van der Waals surface area contributed by atoms with Crippen molar-refractivity contribution in [3.8, 4) is 5.69 Å². The molecular formula is C11H9N3O. The highest BCUT2D eigenvalue weighted by molar-refractivity contribution is 5.73. The maximum atomic E-state index is 10.1. The minimum atomic E-state index is 0.755. The van der Waals surface area contributed by atoms with Gasteiger partial charge in [-0.05, 0) is 23.8 Å². The van der Waals surface area contributed by atoms with E-state index in [1.54, 1.807) is 23.2 Å². The van der Waals surface area contributed by atoms with Crippen LogP contribution in [-0.4, -0.2) is 21.3 Å². The van der Waals surface area contributed by atoms with Crippen LogP contribution in [0, 0.1) is 0 Å². The average molecular weight is 199 g/mol. The Morgan fingerprint density at radius 3 is 2.60 bits per heavy atom. The maximum Gasteiger partial charge on any atom is 0.142 e.